The molecule has 0 aliphatic rings. The minimum atomic E-state index is -0.784. The molecule has 1 aromatic rings. The first-order valence-corrected chi connectivity index (χ1v) is 3.60. The third-order valence-corrected chi connectivity index (χ3v) is 1.31. The van der Waals surface area contributed by atoms with Gasteiger partial charge in [-0.15, -0.1) is 0 Å². The van der Waals surface area contributed by atoms with Crippen LogP contribution in [0.25, 0.3) is 0 Å². The number of aliphatic hydroxyl groups is 1. The van der Waals surface area contributed by atoms with Crippen molar-refractivity contribution in [2.24, 2.45) is 0 Å². The normalized spacial score (nSPS) is 13.1. The van der Waals surface area contributed by atoms with Crippen molar-refractivity contribution >= 4 is 23.2 Å². The van der Waals surface area contributed by atoms with Gasteiger partial charge in [0.25, 0.3) is 0 Å². The quantitative estimate of drug-likeness (QED) is 0.730. The third-order valence-electron chi connectivity index (χ3n) is 0.972. The number of halogens is 2. The summed E-state index contributed by atoms with van der Waals surface area (Å²) in [7, 11) is 0. The molecule has 1 rings (SSSR count). The van der Waals surface area contributed by atoms with Gasteiger partial charge < -0.3 is 5.11 Å². The summed E-state index contributed by atoms with van der Waals surface area (Å²) in [4.78, 5) is 10.8. The van der Waals surface area contributed by atoms with Gasteiger partial charge in [-0.2, -0.15) is 15.0 Å². The van der Waals surface area contributed by atoms with Gasteiger partial charge in [-0.05, 0) is 30.1 Å². The zero-order valence-electron chi connectivity index (χ0n) is 5.62. The molecule has 6 heteroatoms. The van der Waals surface area contributed by atoms with Gasteiger partial charge in [-0.25, -0.2) is 0 Å². The maximum atomic E-state index is 9.00. The first-order chi connectivity index (χ1) is 5.09. The van der Waals surface area contributed by atoms with Gasteiger partial charge >= 0.3 is 0 Å². The SMILES string of the molecule is CC(O)c1nc(Cl)nc(Cl)n1. The van der Waals surface area contributed by atoms with Gasteiger partial charge in [0.1, 0.15) is 6.10 Å². The molecule has 1 aromatic heterocycles. The highest BCUT2D eigenvalue weighted by Crippen LogP contribution is 2.11. The highest BCUT2D eigenvalue weighted by Gasteiger charge is 2.07. The predicted molar refractivity (Wildman–Crippen MR) is 40.5 cm³/mol. The van der Waals surface area contributed by atoms with E-state index < -0.39 is 6.10 Å². The van der Waals surface area contributed by atoms with Crippen LogP contribution in [-0.4, -0.2) is 20.1 Å². The number of nitrogens with zero attached hydrogens (tertiary/aromatic N) is 3. The molecule has 1 unspecified atom stereocenters. The van der Waals surface area contributed by atoms with E-state index in [-0.39, 0.29) is 16.4 Å². The van der Waals surface area contributed by atoms with E-state index in [0.29, 0.717) is 0 Å². The summed E-state index contributed by atoms with van der Waals surface area (Å²) in [6.45, 7) is 1.52. The van der Waals surface area contributed by atoms with Crippen LogP contribution < -0.4 is 0 Å². The van der Waals surface area contributed by atoms with Crippen LogP contribution in [-0.2, 0) is 0 Å². The second kappa shape index (κ2) is 3.30. The molecule has 0 fully saturated rings. The van der Waals surface area contributed by atoms with Crippen LogP contribution in [0.3, 0.4) is 0 Å². The fourth-order valence-corrected chi connectivity index (χ4v) is 0.904. The molecule has 1 heterocycles. The Morgan fingerprint density at radius 1 is 1.18 bits per heavy atom. The lowest BCUT2D eigenvalue weighted by Crippen LogP contribution is -2.01. The summed E-state index contributed by atoms with van der Waals surface area (Å²) in [5.41, 5.74) is 0. The van der Waals surface area contributed by atoms with E-state index in [9.17, 15) is 0 Å². The summed E-state index contributed by atoms with van der Waals surface area (Å²) < 4.78 is 0. The van der Waals surface area contributed by atoms with Crippen molar-refractivity contribution in [2.75, 3.05) is 0 Å². The number of aromatic nitrogens is 3. The van der Waals surface area contributed by atoms with Crippen LogP contribution in [0.1, 0.15) is 18.9 Å². The molecule has 0 spiro atoms. The van der Waals surface area contributed by atoms with Gasteiger partial charge in [0.05, 0.1) is 0 Å². The minimum absolute atomic E-state index is 0.0131. The standard InChI is InChI=1S/C5H5Cl2N3O/c1-2(11)3-8-4(6)10-5(7)9-3/h2,11H,1H3. The molecular formula is C5H5Cl2N3O. The van der Waals surface area contributed by atoms with Crippen LogP contribution in [0.5, 0.6) is 0 Å². The van der Waals surface area contributed by atoms with Gasteiger partial charge in [0.2, 0.25) is 10.6 Å². The molecule has 0 aromatic carbocycles. The van der Waals surface area contributed by atoms with E-state index in [1.165, 1.54) is 6.92 Å². The zero-order valence-corrected chi connectivity index (χ0v) is 7.13. The van der Waals surface area contributed by atoms with Crippen LogP contribution >= 0.6 is 23.2 Å². The Hall–Kier alpha value is -0.450. The van der Waals surface area contributed by atoms with E-state index in [0.717, 1.165) is 0 Å². The van der Waals surface area contributed by atoms with Crippen LogP contribution in [0.2, 0.25) is 10.6 Å². The molecular weight excluding hydrogens is 189 g/mol. The Morgan fingerprint density at radius 3 is 2.00 bits per heavy atom. The van der Waals surface area contributed by atoms with Crippen molar-refractivity contribution in [3.05, 3.63) is 16.4 Å². The topological polar surface area (TPSA) is 58.9 Å². The van der Waals surface area contributed by atoms with Crippen LogP contribution in [0.15, 0.2) is 0 Å². The number of hydrogen-bond donors (Lipinski definition) is 1. The molecule has 0 amide bonds. The average molecular weight is 194 g/mol. The van der Waals surface area contributed by atoms with Gasteiger partial charge in [-0.3, -0.25) is 0 Å². The van der Waals surface area contributed by atoms with Crippen molar-refractivity contribution in [3.8, 4) is 0 Å². The molecule has 4 nitrogen and oxygen atoms in total. The summed E-state index contributed by atoms with van der Waals surface area (Å²) in [5.74, 6) is 0.176. The second-order valence-corrected chi connectivity index (χ2v) is 2.58. The molecule has 0 radical (unpaired) electrons. The number of hydrogen-bond acceptors (Lipinski definition) is 4. The fraction of sp³-hybridized carbons (Fsp3) is 0.400. The molecule has 1 atom stereocenters. The Bertz CT molecular complexity index is 246. The van der Waals surface area contributed by atoms with E-state index in [2.05, 4.69) is 15.0 Å². The van der Waals surface area contributed by atoms with Gasteiger partial charge in [0.15, 0.2) is 5.82 Å². The lowest BCUT2D eigenvalue weighted by atomic mass is 10.4. The average Bonchev–Trinajstić information content (AvgIpc) is 1.85. The Balaban J connectivity index is 3.08. The lowest BCUT2D eigenvalue weighted by molar-refractivity contribution is 0.188. The molecule has 0 saturated heterocycles. The smallest absolute Gasteiger partial charge is 0.227 e. The van der Waals surface area contributed by atoms with Crippen molar-refractivity contribution in [2.45, 2.75) is 13.0 Å². The molecule has 0 aliphatic heterocycles. The molecule has 0 aliphatic carbocycles. The first-order valence-electron chi connectivity index (χ1n) is 2.84. The second-order valence-electron chi connectivity index (χ2n) is 1.91. The summed E-state index contributed by atoms with van der Waals surface area (Å²) in [6.07, 6.45) is -0.784. The predicted octanol–water partition coefficient (Wildman–Crippen LogP) is 1.23. The van der Waals surface area contributed by atoms with Gasteiger partial charge in [-0.1, -0.05) is 0 Å². The maximum absolute atomic E-state index is 9.00. The van der Waals surface area contributed by atoms with Crippen molar-refractivity contribution < 1.29 is 5.11 Å². The van der Waals surface area contributed by atoms with Crippen LogP contribution in [0, 0.1) is 0 Å². The number of aliphatic hydroxyl groups excluding tert-OH is 1. The van der Waals surface area contributed by atoms with Crippen molar-refractivity contribution in [1.82, 2.24) is 15.0 Å². The highest BCUT2D eigenvalue weighted by molar-refractivity contribution is 6.30. The summed E-state index contributed by atoms with van der Waals surface area (Å²) in [6, 6.07) is 0. The zero-order chi connectivity index (χ0) is 8.43. The van der Waals surface area contributed by atoms with E-state index in [1.54, 1.807) is 0 Å². The Morgan fingerprint density at radius 2 is 1.64 bits per heavy atom. The summed E-state index contributed by atoms with van der Waals surface area (Å²) in [5, 5.41) is 8.98. The monoisotopic (exact) mass is 193 g/mol. The van der Waals surface area contributed by atoms with Crippen LogP contribution in [0.4, 0.5) is 0 Å². The van der Waals surface area contributed by atoms with E-state index >= 15 is 0 Å². The lowest BCUT2D eigenvalue weighted by Gasteiger charge is -2.01. The Labute approximate surface area is 73.2 Å². The summed E-state index contributed by atoms with van der Waals surface area (Å²) >= 11 is 10.9. The largest absolute Gasteiger partial charge is 0.385 e. The number of rotatable bonds is 1. The van der Waals surface area contributed by atoms with Crippen molar-refractivity contribution in [3.63, 3.8) is 0 Å². The molecule has 0 bridgehead atoms. The third kappa shape index (κ3) is 2.25. The minimum Gasteiger partial charge on any atom is -0.385 e. The Kier molecular flexibility index (Phi) is 2.59. The highest BCUT2D eigenvalue weighted by atomic mass is 35.5. The fourth-order valence-electron chi connectivity index (χ4n) is 0.527. The maximum Gasteiger partial charge on any atom is 0.227 e. The van der Waals surface area contributed by atoms with E-state index in [1.807, 2.05) is 0 Å². The molecule has 11 heavy (non-hydrogen) atoms. The van der Waals surface area contributed by atoms with E-state index in [4.69, 9.17) is 28.3 Å². The van der Waals surface area contributed by atoms with Gasteiger partial charge in [0, 0.05) is 0 Å². The first kappa shape index (κ1) is 8.64. The van der Waals surface area contributed by atoms with Crippen molar-refractivity contribution in [1.29, 1.82) is 0 Å². The molecule has 0 saturated carbocycles. The molecule has 1 N–H and O–H groups in total. The molecule has 60 valence electrons.